The number of rotatable bonds is 2. The summed E-state index contributed by atoms with van der Waals surface area (Å²) in [6.07, 6.45) is 1.24. The summed E-state index contributed by atoms with van der Waals surface area (Å²) in [4.78, 5) is 12.7. The normalized spacial score (nSPS) is 18.2. The van der Waals surface area contributed by atoms with E-state index in [9.17, 15) is 9.18 Å². The second-order valence-electron chi connectivity index (χ2n) is 6.21. The van der Waals surface area contributed by atoms with Crippen LogP contribution in [0.25, 0.3) is 0 Å². The maximum atomic E-state index is 14.7. The molecule has 0 bridgehead atoms. The Morgan fingerprint density at radius 3 is 2.96 bits per heavy atom. The van der Waals surface area contributed by atoms with Crippen LogP contribution in [0.3, 0.4) is 0 Å². The second-order valence-corrected chi connectivity index (χ2v) is 6.21. The van der Waals surface area contributed by atoms with Crippen LogP contribution in [0.1, 0.15) is 29.0 Å². The Morgan fingerprint density at radius 2 is 2.08 bits per heavy atom. The third kappa shape index (κ3) is 3.34. The summed E-state index contributed by atoms with van der Waals surface area (Å²) in [5.41, 5.74) is 2.81. The van der Waals surface area contributed by atoms with Crippen molar-refractivity contribution in [2.45, 2.75) is 25.3 Å². The van der Waals surface area contributed by atoms with Gasteiger partial charge in [0.15, 0.2) is 0 Å². The van der Waals surface area contributed by atoms with Crippen molar-refractivity contribution < 1.29 is 13.9 Å². The van der Waals surface area contributed by atoms with Crippen LogP contribution >= 0.6 is 12.4 Å². The Hall–Kier alpha value is -2.11. The second kappa shape index (κ2) is 7.42. The monoisotopic (exact) mass is 362 g/mol. The Kier molecular flexibility index (Phi) is 5.25. The van der Waals surface area contributed by atoms with Crippen molar-refractivity contribution in [3.05, 3.63) is 58.9 Å². The minimum Gasteiger partial charge on any atom is -0.493 e. The summed E-state index contributed by atoms with van der Waals surface area (Å²) >= 11 is 0. The van der Waals surface area contributed by atoms with Gasteiger partial charge in [0, 0.05) is 12.1 Å². The highest BCUT2D eigenvalue weighted by Gasteiger charge is 2.28. The molecule has 2 aliphatic heterocycles. The van der Waals surface area contributed by atoms with Crippen LogP contribution < -0.4 is 15.4 Å². The maximum absolute atomic E-state index is 14.7. The van der Waals surface area contributed by atoms with Crippen molar-refractivity contribution in [2.75, 3.05) is 18.5 Å². The summed E-state index contributed by atoms with van der Waals surface area (Å²) < 4.78 is 20.3. The number of ether oxygens (including phenoxy) is 1. The third-order valence-electron chi connectivity index (χ3n) is 4.74. The summed E-state index contributed by atoms with van der Waals surface area (Å²) in [5.74, 6) is -0.0610. The van der Waals surface area contributed by atoms with Gasteiger partial charge in [-0.15, -0.1) is 12.4 Å². The van der Waals surface area contributed by atoms with Gasteiger partial charge in [-0.05, 0) is 42.6 Å². The first-order chi connectivity index (χ1) is 11.7. The number of carbonyl (C=O) groups is 1. The molecule has 1 atom stereocenters. The smallest absolute Gasteiger partial charge is 0.232 e. The molecule has 0 radical (unpaired) electrons. The number of anilines is 1. The molecule has 2 aromatic carbocycles. The fourth-order valence-corrected chi connectivity index (χ4v) is 3.46. The quantitative estimate of drug-likeness (QED) is 0.861. The van der Waals surface area contributed by atoms with Crippen LogP contribution in [-0.2, 0) is 17.8 Å². The van der Waals surface area contributed by atoms with Gasteiger partial charge in [-0.3, -0.25) is 4.79 Å². The van der Waals surface area contributed by atoms with Gasteiger partial charge < -0.3 is 15.4 Å². The minimum atomic E-state index is -0.313. The number of benzene rings is 2. The van der Waals surface area contributed by atoms with Crippen molar-refractivity contribution in [3.8, 4) is 5.75 Å². The van der Waals surface area contributed by atoms with Gasteiger partial charge in [-0.2, -0.15) is 0 Å². The highest BCUT2D eigenvalue weighted by atomic mass is 35.5. The Morgan fingerprint density at radius 1 is 1.24 bits per heavy atom. The molecule has 2 heterocycles. The van der Waals surface area contributed by atoms with E-state index in [2.05, 4.69) is 10.6 Å². The predicted octanol–water partition coefficient (Wildman–Crippen LogP) is 3.40. The molecule has 1 amide bonds. The van der Waals surface area contributed by atoms with Gasteiger partial charge in [0.25, 0.3) is 0 Å². The molecule has 0 saturated carbocycles. The molecule has 2 N–H and O–H groups in total. The van der Waals surface area contributed by atoms with Gasteiger partial charge in [0.05, 0.1) is 18.2 Å². The summed E-state index contributed by atoms with van der Waals surface area (Å²) in [5, 5.41) is 6.00. The van der Waals surface area contributed by atoms with Crippen molar-refractivity contribution in [1.82, 2.24) is 5.32 Å². The molecule has 0 saturated heterocycles. The van der Waals surface area contributed by atoms with Crippen molar-refractivity contribution in [1.29, 1.82) is 0 Å². The van der Waals surface area contributed by atoms with E-state index in [1.807, 2.05) is 30.3 Å². The van der Waals surface area contributed by atoms with Crippen LogP contribution in [0.2, 0.25) is 0 Å². The van der Waals surface area contributed by atoms with E-state index in [-0.39, 0.29) is 35.7 Å². The van der Waals surface area contributed by atoms with Crippen molar-refractivity contribution in [3.63, 3.8) is 0 Å². The van der Waals surface area contributed by atoms with E-state index in [4.69, 9.17) is 4.74 Å². The van der Waals surface area contributed by atoms with Crippen molar-refractivity contribution in [2.24, 2.45) is 0 Å². The summed E-state index contributed by atoms with van der Waals surface area (Å²) in [6, 6.07) is 11.1. The SMILES string of the molecule is Cl.O=C(Nc1ccc2c(c1F)CCNC2)C1CCOc2ccccc21. The molecule has 0 aromatic heterocycles. The van der Waals surface area contributed by atoms with Crippen LogP contribution in [0.4, 0.5) is 10.1 Å². The number of para-hydroxylation sites is 1. The summed E-state index contributed by atoms with van der Waals surface area (Å²) in [6.45, 7) is 1.93. The number of amides is 1. The number of hydrogen-bond donors (Lipinski definition) is 2. The lowest BCUT2D eigenvalue weighted by molar-refractivity contribution is -0.118. The van der Waals surface area contributed by atoms with Crippen LogP contribution in [0.15, 0.2) is 36.4 Å². The van der Waals surface area contributed by atoms with Gasteiger partial charge in [-0.25, -0.2) is 4.39 Å². The maximum Gasteiger partial charge on any atom is 0.232 e. The first-order valence-electron chi connectivity index (χ1n) is 8.27. The Balaban J connectivity index is 0.00000182. The average Bonchev–Trinajstić information content (AvgIpc) is 2.63. The van der Waals surface area contributed by atoms with Crippen LogP contribution in [0.5, 0.6) is 5.75 Å². The topological polar surface area (TPSA) is 50.4 Å². The first-order valence-corrected chi connectivity index (χ1v) is 8.27. The van der Waals surface area contributed by atoms with Crippen LogP contribution in [-0.4, -0.2) is 19.1 Å². The zero-order valence-corrected chi connectivity index (χ0v) is 14.5. The first kappa shape index (κ1) is 17.7. The molecule has 25 heavy (non-hydrogen) atoms. The van der Waals surface area contributed by atoms with Crippen molar-refractivity contribution >= 4 is 24.0 Å². The molecule has 2 aromatic rings. The standard InChI is InChI=1S/C19H19FN2O2.ClH/c20-18-13-7-9-21-11-12(13)5-6-16(18)22-19(23)15-8-10-24-17-4-2-1-3-14(15)17;/h1-6,15,21H,7-11H2,(H,22,23);1H. The van der Waals surface area contributed by atoms with E-state index in [0.29, 0.717) is 31.6 Å². The fourth-order valence-electron chi connectivity index (χ4n) is 3.46. The lowest BCUT2D eigenvalue weighted by Gasteiger charge is -2.25. The lowest BCUT2D eigenvalue weighted by Crippen LogP contribution is -2.28. The molecular formula is C19H20ClFN2O2. The van der Waals surface area contributed by atoms with Crippen LogP contribution in [0, 0.1) is 5.82 Å². The molecule has 132 valence electrons. The van der Waals surface area contributed by atoms with E-state index in [1.165, 1.54) is 0 Å². The van der Waals surface area contributed by atoms with Gasteiger partial charge in [0.2, 0.25) is 5.91 Å². The lowest BCUT2D eigenvalue weighted by atomic mass is 9.92. The largest absolute Gasteiger partial charge is 0.493 e. The molecule has 0 fully saturated rings. The molecule has 2 aliphatic rings. The van der Waals surface area contributed by atoms with E-state index < -0.39 is 0 Å². The molecule has 6 heteroatoms. The number of fused-ring (bicyclic) bond motifs is 2. The molecular weight excluding hydrogens is 343 g/mol. The Bertz CT molecular complexity index is 797. The molecule has 1 unspecified atom stereocenters. The van der Waals surface area contributed by atoms with Gasteiger partial charge in [-0.1, -0.05) is 24.3 Å². The minimum absolute atomic E-state index is 0. The fraction of sp³-hybridized carbons (Fsp3) is 0.316. The third-order valence-corrected chi connectivity index (χ3v) is 4.74. The van der Waals surface area contributed by atoms with Gasteiger partial charge >= 0.3 is 0 Å². The molecule has 0 spiro atoms. The predicted molar refractivity (Wildman–Crippen MR) is 97.0 cm³/mol. The molecule has 0 aliphatic carbocycles. The van der Waals surface area contributed by atoms with E-state index in [0.717, 1.165) is 23.4 Å². The number of nitrogens with one attached hydrogen (secondary N) is 2. The molecule has 4 nitrogen and oxygen atoms in total. The zero-order valence-electron chi connectivity index (χ0n) is 13.7. The average molecular weight is 363 g/mol. The van der Waals surface area contributed by atoms with E-state index in [1.54, 1.807) is 6.07 Å². The molecule has 4 rings (SSSR count). The van der Waals surface area contributed by atoms with E-state index >= 15 is 0 Å². The van der Waals surface area contributed by atoms with Gasteiger partial charge in [0.1, 0.15) is 11.6 Å². The zero-order chi connectivity index (χ0) is 16.5. The number of halogens is 2. The highest BCUT2D eigenvalue weighted by Crippen LogP contribution is 2.34. The number of carbonyl (C=O) groups excluding carboxylic acids is 1. The number of hydrogen-bond acceptors (Lipinski definition) is 3. The summed E-state index contributed by atoms with van der Waals surface area (Å²) in [7, 11) is 0. The Labute approximate surface area is 152 Å². The highest BCUT2D eigenvalue weighted by molar-refractivity contribution is 5.96.